The number of benzene rings is 1. The minimum absolute atomic E-state index is 0.605. The van der Waals surface area contributed by atoms with Crippen LogP contribution >= 0.6 is 12.2 Å². The molecule has 2 aromatic rings. The number of aryl methyl sites for hydroxylation is 1. The molecule has 2 aliphatic rings. The SMILES string of the molecule is Cc1nn(CN2CCc3ccccc3C2)c(=S)n1C1CC1. The van der Waals surface area contributed by atoms with Crippen molar-refractivity contribution < 1.29 is 0 Å². The summed E-state index contributed by atoms with van der Waals surface area (Å²) in [5, 5.41) is 4.66. The van der Waals surface area contributed by atoms with Gasteiger partial charge in [-0.05, 0) is 49.5 Å². The van der Waals surface area contributed by atoms with Crippen LogP contribution in [0.15, 0.2) is 24.3 Å². The Morgan fingerprint density at radius 3 is 2.76 bits per heavy atom. The third-order valence-electron chi connectivity index (χ3n) is 4.50. The number of aromatic nitrogens is 3. The van der Waals surface area contributed by atoms with Gasteiger partial charge in [0.05, 0.1) is 6.67 Å². The monoisotopic (exact) mass is 300 g/mol. The molecule has 1 fully saturated rings. The minimum atomic E-state index is 0.605. The summed E-state index contributed by atoms with van der Waals surface area (Å²) in [6.45, 7) is 4.94. The summed E-state index contributed by atoms with van der Waals surface area (Å²) in [6, 6.07) is 9.33. The summed E-state index contributed by atoms with van der Waals surface area (Å²) in [6.07, 6.45) is 3.61. The first-order chi connectivity index (χ1) is 10.2. The highest BCUT2D eigenvalue weighted by atomic mass is 32.1. The van der Waals surface area contributed by atoms with Gasteiger partial charge < -0.3 is 4.57 Å². The second kappa shape index (κ2) is 5.07. The van der Waals surface area contributed by atoms with Gasteiger partial charge in [0.15, 0.2) is 4.77 Å². The smallest absolute Gasteiger partial charge is 0.199 e. The first-order valence-corrected chi connectivity index (χ1v) is 8.08. The van der Waals surface area contributed by atoms with E-state index in [1.807, 2.05) is 4.68 Å². The first-order valence-electron chi connectivity index (χ1n) is 7.67. The van der Waals surface area contributed by atoms with E-state index in [-0.39, 0.29) is 0 Å². The van der Waals surface area contributed by atoms with Crippen LogP contribution in [-0.2, 0) is 19.6 Å². The van der Waals surface area contributed by atoms with Gasteiger partial charge in [-0.2, -0.15) is 5.10 Å². The lowest BCUT2D eigenvalue weighted by atomic mass is 10.0. The van der Waals surface area contributed by atoms with Crippen LogP contribution in [0, 0.1) is 11.7 Å². The van der Waals surface area contributed by atoms with E-state index in [1.165, 1.54) is 24.0 Å². The maximum Gasteiger partial charge on any atom is 0.199 e. The van der Waals surface area contributed by atoms with Gasteiger partial charge in [-0.25, -0.2) is 4.68 Å². The molecule has 2 heterocycles. The average molecular weight is 300 g/mol. The second-order valence-electron chi connectivity index (χ2n) is 6.14. The second-order valence-corrected chi connectivity index (χ2v) is 6.51. The van der Waals surface area contributed by atoms with Gasteiger partial charge >= 0.3 is 0 Å². The Bertz CT molecular complexity index is 726. The Morgan fingerprint density at radius 2 is 2.00 bits per heavy atom. The number of rotatable bonds is 3. The summed E-state index contributed by atoms with van der Waals surface area (Å²) in [4.78, 5) is 2.43. The van der Waals surface area contributed by atoms with Crippen LogP contribution in [0.2, 0.25) is 0 Å². The number of nitrogens with zero attached hydrogens (tertiary/aromatic N) is 4. The molecule has 0 atom stereocenters. The van der Waals surface area contributed by atoms with Crippen molar-refractivity contribution in [2.24, 2.45) is 0 Å². The molecule has 1 aliphatic heterocycles. The van der Waals surface area contributed by atoms with Crippen LogP contribution < -0.4 is 0 Å². The van der Waals surface area contributed by atoms with Gasteiger partial charge in [0.1, 0.15) is 5.82 Å². The normalized spacial score (nSPS) is 18.7. The fourth-order valence-corrected chi connectivity index (χ4v) is 3.62. The zero-order valence-electron chi connectivity index (χ0n) is 12.3. The average Bonchev–Trinajstić information content (AvgIpc) is 3.27. The Kier molecular flexibility index (Phi) is 3.19. The Labute approximate surface area is 130 Å². The van der Waals surface area contributed by atoms with Crippen LogP contribution in [0.25, 0.3) is 0 Å². The van der Waals surface area contributed by atoms with Gasteiger partial charge in [-0.3, -0.25) is 4.90 Å². The van der Waals surface area contributed by atoms with Crippen molar-refractivity contribution in [3.05, 3.63) is 46.0 Å². The Balaban J connectivity index is 1.55. The Hall–Kier alpha value is -1.46. The molecule has 4 nitrogen and oxygen atoms in total. The van der Waals surface area contributed by atoms with Crippen LogP contribution in [0.4, 0.5) is 0 Å². The molecule has 0 bridgehead atoms. The van der Waals surface area contributed by atoms with Crippen molar-refractivity contribution in [1.82, 2.24) is 19.2 Å². The van der Waals surface area contributed by atoms with Gasteiger partial charge in [0.25, 0.3) is 0 Å². The molecule has 110 valence electrons. The topological polar surface area (TPSA) is 26.0 Å². The lowest BCUT2D eigenvalue weighted by Crippen LogP contribution is -2.32. The van der Waals surface area contributed by atoms with Gasteiger partial charge in [0, 0.05) is 19.1 Å². The number of hydrogen-bond acceptors (Lipinski definition) is 3. The van der Waals surface area contributed by atoms with E-state index in [0.717, 1.165) is 36.8 Å². The van der Waals surface area contributed by atoms with E-state index < -0.39 is 0 Å². The quantitative estimate of drug-likeness (QED) is 0.815. The van der Waals surface area contributed by atoms with Crippen LogP contribution in [0.3, 0.4) is 0 Å². The third-order valence-corrected chi connectivity index (χ3v) is 4.90. The molecule has 0 spiro atoms. The lowest BCUT2D eigenvalue weighted by molar-refractivity contribution is 0.187. The molecule has 0 N–H and O–H groups in total. The molecule has 1 aromatic heterocycles. The third kappa shape index (κ3) is 2.45. The minimum Gasteiger partial charge on any atom is -0.301 e. The van der Waals surface area contributed by atoms with Crippen molar-refractivity contribution in [2.75, 3.05) is 6.54 Å². The molecule has 0 unspecified atom stereocenters. The molecule has 0 radical (unpaired) electrons. The van der Waals surface area contributed by atoms with Crippen molar-refractivity contribution >= 4 is 12.2 Å². The fourth-order valence-electron chi connectivity index (χ4n) is 3.24. The summed E-state index contributed by atoms with van der Waals surface area (Å²) in [5.41, 5.74) is 2.92. The molecule has 1 saturated carbocycles. The number of hydrogen-bond donors (Lipinski definition) is 0. The molecule has 5 heteroatoms. The van der Waals surface area contributed by atoms with Crippen molar-refractivity contribution in [3.8, 4) is 0 Å². The summed E-state index contributed by atoms with van der Waals surface area (Å²) < 4.78 is 5.11. The first kappa shape index (κ1) is 13.2. The molecule has 4 rings (SSSR count). The summed E-state index contributed by atoms with van der Waals surface area (Å²) in [7, 11) is 0. The van der Waals surface area contributed by atoms with E-state index in [9.17, 15) is 0 Å². The molecular weight excluding hydrogens is 280 g/mol. The zero-order valence-corrected chi connectivity index (χ0v) is 13.1. The van der Waals surface area contributed by atoms with E-state index in [0.29, 0.717) is 6.04 Å². The van der Waals surface area contributed by atoms with Crippen molar-refractivity contribution in [1.29, 1.82) is 0 Å². The predicted octanol–water partition coefficient (Wildman–Crippen LogP) is 3.07. The highest BCUT2D eigenvalue weighted by Gasteiger charge is 2.27. The zero-order chi connectivity index (χ0) is 14.4. The van der Waals surface area contributed by atoms with E-state index in [4.69, 9.17) is 12.2 Å². The number of fused-ring (bicyclic) bond motifs is 1. The van der Waals surface area contributed by atoms with Crippen LogP contribution in [0.1, 0.15) is 35.8 Å². The Morgan fingerprint density at radius 1 is 1.24 bits per heavy atom. The molecule has 0 saturated heterocycles. The maximum atomic E-state index is 5.61. The summed E-state index contributed by atoms with van der Waals surface area (Å²) >= 11 is 5.61. The highest BCUT2D eigenvalue weighted by Crippen LogP contribution is 2.36. The van der Waals surface area contributed by atoms with Crippen molar-refractivity contribution in [3.63, 3.8) is 0 Å². The van der Waals surface area contributed by atoms with Crippen LogP contribution in [0.5, 0.6) is 0 Å². The maximum absolute atomic E-state index is 5.61. The van der Waals surface area contributed by atoms with E-state index >= 15 is 0 Å². The molecule has 1 aliphatic carbocycles. The predicted molar refractivity (Wildman–Crippen MR) is 84.6 cm³/mol. The summed E-state index contributed by atoms with van der Waals surface area (Å²) in [5.74, 6) is 1.06. The largest absolute Gasteiger partial charge is 0.301 e. The van der Waals surface area contributed by atoms with Gasteiger partial charge in [-0.1, -0.05) is 24.3 Å². The van der Waals surface area contributed by atoms with Gasteiger partial charge in [0.2, 0.25) is 0 Å². The van der Waals surface area contributed by atoms with E-state index in [2.05, 4.69) is 45.8 Å². The van der Waals surface area contributed by atoms with Crippen LogP contribution in [-0.4, -0.2) is 25.8 Å². The molecule has 0 amide bonds. The van der Waals surface area contributed by atoms with Gasteiger partial charge in [-0.15, -0.1) is 0 Å². The van der Waals surface area contributed by atoms with E-state index in [1.54, 1.807) is 0 Å². The highest BCUT2D eigenvalue weighted by molar-refractivity contribution is 7.71. The van der Waals surface area contributed by atoms with Crippen molar-refractivity contribution in [2.45, 2.75) is 45.4 Å². The molecule has 1 aromatic carbocycles. The molecular formula is C16H20N4S. The molecule has 21 heavy (non-hydrogen) atoms. The lowest BCUT2D eigenvalue weighted by Gasteiger charge is -2.28. The fraction of sp³-hybridized carbons (Fsp3) is 0.500. The standard InChI is InChI=1S/C16H20N4S/c1-12-17-19(16(21)20(12)15-6-7-15)11-18-9-8-13-4-2-3-5-14(13)10-18/h2-5,15H,6-11H2,1H3.